The van der Waals surface area contributed by atoms with Gasteiger partial charge in [0.05, 0.1) is 6.04 Å². The molecule has 0 radical (unpaired) electrons. The van der Waals surface area contributed by atoms with Crippen molar-refractivity contribution in [3.63, 3.8) is 0 Å². The molecule has 16 heavy (non-hydrogen) atoms. The maximum atomic E-state index is 11.9. The summed E-state index contributed by atoms with van der Waals surface area (Å²) < 4.78 is 0. The Morgan fingerprint density at radius 2 is 2.00 bits per heavy atom. The Hall–Kier alpha value is -0.610. The first kappa shape index (κ1) is 13.5. The van der Waals surface area contributed by atoms with Gasteiger partial charge in [0.2, 0.25) is 5.91 Å². The number of amides is 1. The van der Waals surface area contributed by atoms with Crippen molar-refractivity contribution < 1.29 is 4.79 Å². The number of rotatable bonds is 4. The summed E-state index contributed by atoms with van der Waals surface area (Å²) in [5, 5.41) is 0. The van der Waals surface area contributed by atoms with Crippen molar-refractivity contribution >= 4 is 5.91 Å². The largest absolute Gasteiger partial charge is 0.341 e. The molecule has 1 aliphatic rings. The van der Waals surface area contributed by atoms with Crippen LogP contribution in [0.3, 0.4) is 0 Å². The summed E-state index contributed by atoms with van der Waals surface area (Å²) >= 11 is 0. The van der Waals surface area contributed by atoms with Crippen LogP contribution in [0, 0.1) is 0 Å². The van der Waals surface area contributed by atoms with E-state index in [1.54, 1.807) is 0 Å². The quantitative estimate of drug-likeness (QED) is 0.768. The molecule has 1 saturated heterocycles. The fraction of sp³-hybridized carbons (Fsp3) is 0.917. The van der Waals surface area contributed by atoms with Gasteiger partial charge in [0.25, 0.3) is 0 Å². The zero-order valence-corrected chi connectivity index (χ0v) is 10.8. The average molecular weight is 227 g/mol. The average Bonchev–Trinajstić information content (AvgIpc) is 2.36. The monoisotopic (exact) mass is 227 g/mol. The summed E-state index contributed by atoms with van der Waals surface area (Å²) in [7, 11) is 1.89. The molecule has 2 N–H and O–H groups in total. The van der Waals surface area contributed by atoms with Crippen LogP contribution in [0.25, 0.3) is 0 Å². The van der Waals surface area contributed by atoms with Crippen molar-refractivity contribution in [1.82, 2.24) is 9.80 Å². The highest BCUT2D eigenvalue weighted by molar-refractivity contribution is 5.81. The van der Waals surface area contributed by atoms with Crippen molar-refractivity contribution in [3.8, 4) is 0 Å². The normalized spacial score (nSPS) is 20.8. The molecule has 0 aliphatic carbocycles. The van der Waals surface area contributed by atoms with Crippen LogP contribution in [0.5, 0.6) is 0 Å². The molecule has 1 aliphatic heterocycles. The molecule has 94 valence electrons. The molecule has 4 nitrogen and oxygen atoms in total. The summed E-state index contributed by atoms with van der Waals surface area (Å²) in [5.41, 5.74) is 5.78. The highest BCUT2D eigenvalue weighted by Gasteiger charge is 2.26. The van der Waals surface area contributed by atoms with E-state index in [2.05, 4.69) is 11.8 Å². The van der Waals surface area contributed by atoms with E-state index in [1.165, 1.54) is 0 Å². The van der Waals surface area contributed by atoms with E-state index in [0.29, 0.717) is 6.04 Å². The molecular weight excluding hydrogens is 202 g/mol. The highest BCUT2D eigenvalue weighted by atomic mass is 16.2. The van der Waals surface area contributed by atoms with E-state index < -0.39 is 0 Å². The lowest BCUT2D eigenvalue weighted by molar-refractivity contribution is -0.134. The van der Waals surface area contributed by atoms with Gasteiger partial charge in [0.1, 0.15) is 0 Å². The Kier molecular flexibility index (Phi) is 5.22. The summed E-state index contributed by atoms with van der Waals surface area (Å²) in [6.07, 6.45) is 2.87. The SMILES string of the molecule is CC[C@@H](N)C(=O)N(C)C1CCN(CC)CC1. The Morgan fingerprint density at radius 3 is 2.44 bits per heavy atom. The van der Waals surface area contributed by atoms with E-state index in [4.69, 9.17) is 5.73 Å². The minimum Gasteiger partial charge on any atom is -0.341 e. The lowest BCUT2D eigenvalue weighted by Crippen LogP contribution is -2.50. The number of likely N-dealkylation sites (tertiary alicyclic amines) is 1. The predicted molar refractivity (Wildman–Crippen MR) is 66.2 cm³/mol. The van der Waals surface area contributed by atoms with Gasteiger partial charge < -0.3 is 15.5 Å². The van der Waals surface area contributed by atoms with Crippen LogP contribution in [0.2, 0.25) is 0 Å². The van der Waals surface area contributed by atoms with E-state index in [1.807, 2.05) is 18.9 Å². The number of carbonyl (C=O) groups is 1. The first-order valence-corrected chi connectivity index (χ1v) is 6.34. The second-order valence-electron chi connectivity index (χ2n) is 4.63. The summed E-state index contributed by atoms with van der Waals surface area (Å²) in [6, 6.07) is 0.0575. The van der Waals surface area contributed by atoms with Crippen molar-refractivity contribution in [2.24, 2.45) is 5.73 Å². The summed E-state index contributed by atoms with van der Waals surface area (Å²) in [5.74, 6) is 0.0949. The molecule has 1 fully saturated rings. The Balaban J connectivity index is 2.43. The van der Waals surface area contributed by atoms with Gasteiger partial charge >= 0.3 is 0 Å². The molecule has 0 unspecified atom stereocenters. The third-order valence-corrected chi connectivity index (χ3v) is 3.66. The van der Waals surface area contributed by atoms with Crippen LogP contribution in [0.15, 0.2) is 0 Å². The minimum atomic E-state index is -0.325. The van der Waals surface area contributed by atoms with Gasteiger partial charge in [-0.1, -0.05) is 13.8 Å². The number of likely N-dealkylation sites (N-methyl/N-ethyl adjacent to an activating group) is 1. The molecule has 0 spiro atoms. The molecule has 1 heterocycles. The van der Waals surface area contributed by atoms with Crippen LogP contribution in [0.1, 0.15) is 33.1 Å². The van der Waals surface area contributed by atoms with Crippen LogP contribution in [-0.4, -0.2) is 54.5 Å². The molecular formula is C12H25N3O. The standard InChI is InChI=1S/C12H25N3O/c1-4-11(13)12(16)14(3)10-6-8-15(5-2)9-7-10/h10-11H,4-9,13H2,1-3H3/t11-/m1/s1. The lowest BCUT2D eigenvalue weighted by atomic mass is 10.0. The van der Waals surface area contributed by atoms with Crippen LogP contribution in [-0.2, 0) is 4.79 Å². The second kappa shape index (κ2) is 6.21. The van der Waals surface area contributed by atoms with E-state index in [9.17, 15) is 4.79 Å². The van der Waals surface area contributed by atoms with Crippen molar-refractivity contribution in [2.45, 2.75) is 45.2 Å². The number of carbonyl (C=O) groups excluding carboxylic acids is 1. The smallest absolute Gasteiger partial charge is 0.239 e. The van der Waals surface area contributed by atoms with Crippen molar-refractivity contribution in [3.05, 3.63) is 0 Å². The number of hydrogen-bond donors (Lipinski definition) is 1. The maximum Gasteiger partial charge on any atom is 0.239 e. The number of hydrogen-bond acceptors (Lipinski definition) is 3. The minimum absolute atomic E-state index is 0.0949. The van der Waals surface area contributed by atoms with Gasteiger partial charge in [0.15, 0.2) is 0 Å². The molecule has 0 aromatic rings. The van der Waals surface area contributed by atoms with E-state index >= 15 is 0 Å². The van der Waals surface area contributed by atoms with Crippen LogP contribution < -0.4 is 5.73 Å². The topological polar surface area (TPSA) is 49.6 Å². The first-order chi connectivity index (χ1) is 7.60. The zero-order valence-electron chi connectivity index (χ0n) is 10.8. The van der Waals surface area contributed by atoms with Crippen molar-refractivity contribution in [2.75, 3.05) is 26.7 Å². The Labute approximate surface area is 98.8 Å². The molecule has 0 aromatic heterocycles. The third-order valence-electron chi connectivity index (χ3n) is 3.66. The summed E-state index contributed by atoms with van der Waals surface area (Å²) in [6.45, 7) is 7.44. The van der Waals surface area contributed by atoms with Gasteiger partial charge in [-0.15, -0.1) is 0 Å². The zero-order chi connectivity index (χ0) is 12.1. The predicted octanol–water partition coefficient (Wildman–Crippen LogP) is 0.666. The van der Waals surface area contributed by atoms with Gasteiger partial charge in [0, 0.05) is 26.2 Å². The fourth-order valence-electron chi connectivity index (χ4n) is 2.24. The number of nitrogens with two attached hydrogens (primary N) is 1. The van der Waals surface area contributed by atoms with E-state index in [-0.39, 0.29) is 11.9 Å². The third kappa shape index (κ3) is 3.19. The molecule has 1 rings (SSSR count). The Morgan fingerprint density at radius 1 is 1.44 bits per heavy atom. The number of nitrogens with zero attached hydrogens (tertiary/aromatic N) is 2. The molecule has 1 amide bonds. The molecule has 1 atom stereocenters. The van der Waals surface area contributed by atoms with E-state index in [0.717, 1.165) is 38.9 Å². The molecule has 0 saturated carbocycles. The van der Waals surface area contributed by atoms with Gasteiger partial charge in [-0.25, -0.2) is 0 Å². The maximum absolute atomic E-state index is 11.9. The number of piperidine rings is 1. The van der Waals surface area contributed by atoms with Gasteiger partial charge in [-0.3, -0.25) is 4.79 Å². The van der Waals surface area contributed by atoms with Crippen LogP contribution in [0.4, 0.5) is 0 Å². The van der Waals surface area contributed by atoms with Crippen molar-refractivity contribution in [1.29, 1.82) is 0 Å². The first-order valence-electron chi connectivity index (χ1n) is 6.34. The second-order valence-corrected chi connectivity index (χ2v) is 4.63. The van der Waals surface area contributed by atoms with Crippen LogP contribution >= 0.6 is 0 Å². The van der Waals surface area contributed by atoms with Gasteiger partial charge in [-0.2, -0.15) is 0 Å². The Bertz CT molecular complexity index is 224. The molecule has 0 bridgehead atoms. The van der Waals surface area contributed by atoms with Gasteiger partial charge in [-0.05, 0) is 25.8 Å². The molecule has 4 heteroatoms. The highest BCUT2D eigenvalue weighted by Crippen LogP contribution is 2.15. The molecule has 0 aromatic carbocycles. The lowest BCUT2D eigenvalue weighted by Gasteiger charge is -2.37. The summed E-state index contributed by atoms with van der Waals surface area (Å²) in [4.78, 5) is 16.2. The fourth-order valence-corrected chi connectivity index (χ4v) is 2.24.